The molecule has 3 heterocycles. The molecule has 0 spiro atoms. The van der Waals surface area contributed by atoms with Gasteiger partial charge in [0.1, 0.15) is 30.2 Å². The number of aromatic nitrogens is 2. The summed E-state index contributed by atoms with van der Waals surface area (Å²) in [5, 5.41) is 0. The third-order valence-electron chi connectivity index (χ3n) is 4.77. The quantitative estimate of drug-likeness (QED) is 0.598. The molecular weight excluding hydrogens is 372 g/mol. The summed E-state index contributed by atoms with van der Waals surface area (Å²) >= 11 is 0. The number of aryl methyl sites for hydroxylation is 1. The molecule has 1 aromatic carbocycles. The van der Waals surface area contributed by atoms with Gasteiger partial charge < -0.3 is 14.2 Å². The maximum absolute atomic E-state index is 12.6. The fourth-order valence-corrected chi connectivity index (χ4v) is 3.27. The summed E-state index contributed by atoms with van der Waals surface area (Å²) in [7, 11) is 0. The lowest BCUT2D eigenvalue weighted by molar-refractivity contribution is 0.0450. The number of pyridine rings is 1. The van der Waals surface area contributed by atoms with Crippen molar-refractivity contribution in [2.45, 2.75) is 32.5 Å². The van der Waals surface area contributed by atoms with Crippen molar-refractivity contribution in [2.75, 3.05) is 13.2 Å². The summed E-state index contributed by atoms with van der Waals surface area (Å²) in [6, 6.07) is 11.9. The number of fused-ring (bicyclic) bond motifs is 1. The molecule has 0 amide bonds. The van der Waals surface area contributed by atoms with Crippen LogP contribution in [0.3, 0.4) is 0 Å². The molecule has 1 aliphatic rings. The third kappa shape index (κ3) is 4.46. The molecule has 29 heavy (non-hydrogen) atoms. The Hall–Kier alpha value is -3.19. The molecule has 4 rings (SSSR count). The topological polar surface area (TPSA) is 79.1 Å². The van der Waals surface area contributed by atoms with Crippen molar-refractivity contribution in [1.82, 2.24) is 9.38 Å². The predicted molar refractivity (Wildman–Crippen MR) is 106 cm³/mol. The molecule has 1 fully saturated rings. The van der Waals surface area contributed by atoms with E-state index in [9.17, 15) is 9.59 Å². The number of nitrogens with zero attached hydrogens (tertiary/aromatic N) is 2. The number of para-hydroxylation sites is 1. The molecule has 0 radical (unpaired) electrons. The van der Waals surface area contributed by atoms with Crippen LogP contribution in [-0.2, 0) is 16.1 Å². The van der Waals surface area contributed by atoms with E-state index >= 15 is 0 Å². The summed E-state index contributed by atoms with van der Waals surface area (Å²) in [5.41, 5.74) is 1.98. The van der Waals surface area contributed by atoms with E-state index in [2.05, 4.69) is 4.98 Å². The number of hydrogen-bond acceptors (Lipinski definition) is 6. The number of ether oxygens (including phenoxy) is 3. The van der Waals surface area contributed by atoms with E-state index in [1.54, 1.807) is 36.5 Å². The van der Waals surface area contributed by atoms with Gasteiger partial charge in [0.15, 0.2) is 0 Å². The third-order valence-corrected chi connectivity index (χ3v) is 4.77. The van der Waals surface area contributed by atoms with Gasteiger partial charge in [-0.2, -0.15) is 0 Å². The highest BCUT2D eigenvalue weighted by molar-refractivity contribution is 5.92. The lowest BCUT2D eigenvalue weighted by Crippen LogP contribution is -2.18. The van der Waals surface area contributed by atoms with Gasteiger partial charge in [-0.05, 0) is 43.5 Å². The molecular formula is C22H22N2O5. The molecule has 7 nitrogen and oxygen atoms in total. The minimum atomic E-state index is -0.529. The Balaban J connectivity index is 1.45. The summed E-state index contributed by atoms with van der Waals surface area (Å²) in [6.07, 6.45) is 3.76. The Morgan fingerprint density at radius 1 is 1.28 bits per heavy atom. The van der Waals surface area contributed by atoms with Crippen LogP contribution in [0.1, 0.15) is 34.5 Å². The Bertz CT molecular complexity index is 1090. The summed E-state index contributed by atoms with van der Waals surface area (Å²) in [5.74, 6) is -0.0751. The van der Waals surface area contributed by atoms with Gasteiger partial charge in [-0.25, -0.2) is 9.78 Å². The molecule has 2 aromatic heterocycles. The Labute approximate surface area is 167 Å². The first kappa shape index (κ1) is 19.1. The molecule has 1 aliphatic heterocycles. The SMILES string of the molecule is Cc1ccc2nc(COC(=O)c3ccccc3OCC3CCCO3)cc(=O)n2c1. The van der Waals surface area contributed by atoms with Crippen molar-refractivity contribution in [1.29, 1.82) is 0 Å². The fraction of sp³-hybridized carbons (Fsp3) is 0.318. The normalized spacial score (nSPS) is 16.1. The van der Waals surface area contributed by atoms with Crippen molar-refractivity contribution in [3.05, 3.63) is 75.8 Å². The fourth-order valence-electron chi connectivity index (χ4n) is 3.27. The number of esters is 1. The minimum absolute atomic E-state index is 0.0532. The van der Waals surface area contributed by atoms with E-state index < -0.39 is 5.97 Å². The molecule has 1 atom stereocenters. The Kier molecular flexibility index (Phi) is 5.57. The van der Waals surface area contributed by atoms with Crippen LogP contribution >= 0.6 is 0 Å². The number of hydrogen-bond donors (Lipinski definition) is 0. The van der Waals surface area contributed by atoms with Crippen LogP contribution in [0.25, 0.3) is 5.65 Å². The van der Waals surface area contributed by atoms with Gasteiger partial charge in [0.25, 0.3) is 5.56 Å². The van der Waals surface area contributed by atoms with Crippen LogP contribution in [0.2, 0.25) is 0 Å². The molecule has 0 N–H and O–H groups in total. The Morgan fingerprint density at radius 2 is 2.14 bits per heavy atom. The van der Waals surface area contributed by atoms with Crippen LogP contribution in [0.4, 0.5) is 0 Å². The van der Waals surface area contributed by atoms with E-state index in [1.807, 2.05) is 13.0 Å². The van der Waals surface area contributed by atoms with Crippen molar-refractivity contribution in [3.63, 3.8) is 0 Å². The van der Waals surface area contributed by atoms with Gasteiger partial charge in [-0.1, -0.05) is 18.2 Å². The first-order valence-corrected chi connectivity index (χ1v) is 9.59. The number of carbonyl (C=O) groups is 1. The first-order chi connectivity index (χ1) is 14.1. The first-order valence-electron chi connectivity index (χ1n) is 9.59. The molecule has 150 valence electrons. The zero-order chi connectivity index (χ0) is 20.2. The van der Waals surface area contributed by atoms with E-state index in [1.165, 1.54) is 10.5 Å². The zero-order valence-electron chi connectivity index (χ0n) is 16.2. The molecule has 0 bridgehead atoms. The highest BCUT2D eigenvalue weighted by Gasteiger charge is 2.19. The highest BCUT2D eigenvalue weighted by Crippen LogP contribution is 2.21. The summed E-state index contributed by atoms with van der Waals surface area (Å²) < 4.78 is 18.2. The summed E-state index contributed by atoms with van der Waals surface area (Å²) in [4.78, 5) is 29.3. The second kappa shape index (κ2) is 8.45. The van der Waals surface area contributed by atoms with Gasteiger partial charge in [-0.15, -0.1) is 0 Å². The maximum Gasteiger partial charge on any atom is 0.342 e. The van der Waals surface area contributed by atoms with Gasteiger partial charge in [0, 0.05) is 18.9 Å². The zero-order valence-corrected chi connectivity index (χ0v) is 16.2. The van der Waals surface area contributed by atoms with E-state index in [-0.39, 0.29) is 18.3 Å². The highest BCUT2D eigenvalue weighted by atomic mass is 16.5. The molecule has 7 heteroatoms. The lowest BCUT2D eigenvalue weighted by Gasteiger charge is -2.14. The lowest BCUT2D eigenvalue weighted by atomic mass is 10.2. The molecule has 1 saturated heterocycles. The minimum Gasteiger partial charge on any atom is -0.490 e. The van der Waals surface area contributed by atoms with E-state index in [4.69, 9.17) is 14.2 Å². The standard InChI is InChI=1S/C22H22N2O5/c1-15-8-9-20-23-16(11-21(25)24(20)12-15)13-29-22(26)18-6-2-3-7-19(18)28-14-17-5-4-10-27-17/h2-3,6-9,11-12,17H,4-5,10,13-14H2,1H3. The van der Waals surface area contributed by atoms with Crippen molar-refractivity contribution >= 4 is 11.6 Å². The second-order valence-electron chi connectivity index (χ2n) is 7.04. The molecule has 1 unspecified atom stereocenters. The van der Waals surface area contributed by atoms with Crippen LogP contribution in [0.5, 0.6) is 5.75 Å². The van der Waals surface area contributed by atoms with Gasteiger partial charge >= 0.3 is 5.97 Å². The maximum atomic E-state index is 12.6. The van der Waals surface area contributed by atoms with Gasteiger partial charge in [0.2, 0.25) is 0 Å². The van der Waals surface area contributed by atoms with Crippen LogP contribution in [0.15, 0.2) is 53.5 Å². The average Bonchev–Trinajstić information content (AvgIpc) is 3.25. The number of rotatable bonds is 6. The largest absolute Gasteiger partial charge is 0.490 e. The number of carbonyl (C=O) groups excluding carboxylic acids is 1. The van der Waals surface area contributed by atoms with Gasteiger partial charge in [0.05, 0.1) is 11.8 Å². The predicted octanol–water partition coefficient (Wildman–Crippen LogP) is 2.92. The Morgan fingerprint density at radius 3 is 2.97 bits per heavy atom. The molecule has 0 aliphatic carbocycles. The van der Waals surface area contributed by atoms with E-state index in [0.29, 0.717) is 29.3 Å². The van der Waals surface area contributed by atoms with Crippen molar-refractivity contribution in [3.8, 4) is 5.75 Å². The van der Waals surface area contributed by atoms with Crippen molar-refractivity contribution in [2.24, 2.45) is 0 Å². The van der Waals surface area contributed by atoms with Crippen LogP contribution < -0.4 is 10.3 Å². The average molecular weight is 394 g/mol. The monoisotopic (exact) mass is 394 g/mol. The summed E-state index contributed by atoms with van der Waals surface area (Å²) in [6.45, 7) is 2.95. The van der Waals surface area contributed by atoms with Gasteiger partial charge in [-0.3, -0.25) is 9.20 Å². The number of benzene rings is 1. The van der Waals surface area contributed by atoms with Crippen LogP contribution in [-0.4, -0.2) is 34.7 Å². The van der Waals surface area contributed by atoms with E-state index in [0.717, 1.165) is 25.0 Å². The molecule has 0 saturated carbocycles. The van der Waals surface area contributed by atoms with Crippen LogP contribution in [0, 0.1) is 6.92 Å². The van der Waals surface area contributed by atoms with Crippen molar-refractivity contribution < 1.29 is 19.0 Å². The second-order valence-corrected chi connectivity index (χ2v) is 7.04. The molecule has 3 aromatic rings. The smallest absolute Gasteiger partial charge is 0.342 e.